The molecule has 6 heteroatoms. The van der Waals surface area contributed by atoms with E-state index in [0.29, 0.717) is 11.3 Å². The standard InChI is InChI=1S/C12H15BrN2O2.ClH/c1-17-11-8-9(13)2-3-10(11)12(16)15-6-4-14-5-7-15;/h2-3,8,14H,4-7H2,1H3;1H. The summed E-state index contributed by atoms with van der Waals surface area (Å²) in [6.07, 6.45) is 0. The number of methoxy groups -OCH3 is 1. The number of amides is 1. The molecule has 0 spiro atoms. The van der Waals surface area contributed by atoms with Crippen LogP contribution >= 0.6 is 28.3 Å². The summed E-state index contributed by atoms with van der Waals surface area (Å²) in [4.78, 5) is 14.1. The van der Waals surface area contributed by atoms with E-state index in [-0.39, 0.29) is 18.3 Å². The number of carbonyl (C=O) groups excluding carboxylic acids is 1. The van der Waals surface area contributed by atoms with Crippen LogP contribution in [0.4, 0.5) is 0 Å². The molecule has 0 aliphatic carbocycles. The van der Waals surface area contributed by atoms with E-state index < -0.39 is 0 Å². The van der Waals surface area contributed by atoms with Gasteiger partial charge in [0.05, 0.1) is 12.7 Å². The SMILES string of the molecule is COc1cc(Br)ccc1C(=O)N1CCNCC1.Cl. The number of benzene rings is 1. The summed E-state index contributed by atoms with van der Waals surface area (Å²) in [5.74, 6) is 0.652. The highest BCUT2D eigenvalue weighted by Crippen LogP contribution is 2.24. The van der Waals surface area contributed by atoms with Gasteiger partial charge in [0.1, 0.15) is 5.75 Å². The first kappa shape index (κ1) is 15.3. The van der Waals surface area contributed by atoms with Crippen LogP contribution in [-0.4, -0.2) is 44.1 Å². The Morgan fingerprint density at radius 3 is 2.67 bits per heavy atom. The normalized spacial score (nSPS) is 14.9. The van der Waals surface area contributed by atoms with Gasteiger partial charge in [0, 0.05) is 30.7 Å². The lowest BCUT2D eigenvalue weighted by Crippen LogP contribution is -2.46. The molecule has 0 bridgehead atoms. The Morgan fingerprint density at radius 2 is 2.06 bits per heavy atom. The van der Waals surface area contributed by atoms with E-state index in [9.17, 15) is 4.79 Å². The Hall–Kier alpha value is -0.780. The number of hydrogen-bond donors (Lipinski definition) is 1. The van der Waals surface area contributed by atoms with Crippen molar-refractivity contribution in [2.75, 3.05) is 33.3 Å². The van der Waals surface area contributed by atoms with Crippen molar-refractivity contribution in [1.82, 2.24) is 10.2 Å². The van der Waals surface area contributed by atoms with Gasteiger partial charge in [0.15, 0.2) is 0 Å². The van der Waals surface area contributed by atoms with Gasteiger partial charge in [0.25, 0.3) is 5.91 Å². The summed E-state index contributed by atoms with van der Waals surface area (Å²) >= 11 is 3.37. The van der Waals surface area contributed by atoms with Crippen LogP contribution in [0.3, 0.4) is 0 Å². The number of carbonyl (C=O) groups is 1. The fraction of sp³-hybridized carbons (Fsp3) is 0.417. The zero-order valence-electron chi connectivity index (χ0n) is 10.1. The summed E-state index contributed by atoms with van der Waals surface area (Å²) in [6.45, 7) is 3.20. The Morgan fingerprint density at radius 1 is 1.39 bits per heavy atom. The molecule has 0 radical (unpaired) electrons. The number of ether oxygens (including phenoxy) is 1. The van der Waals surface area contributed by atoms with Crippen LogP contribution in [0.5, 0.6) is 5.75 Å². The smallest absolute Gasteiger partial charge is 0.257 e. The lowest BCUT2D eigenvalue weighted by atomic mass is 10.1. The molecule has 2 rings (SSSR count). The lowest BCUT2D eigenvalue weighted by Gasteiger charge is -2.28. The fourth-order valence-electron chi connectivity index (χ4n) is 1.88. The van der Waals surface area contributed by atoms with Gasteiger partial charge in [0.2, 0.25) is 0 Å². The highest BCUT2D eigenvalue weighted by atomic mass is 79.9. The van der Waals surface area contributed by atoms with E-state index in [2.05, 4.69) is 21.2 Å². The first-order valence-electron chi connectivity index (χ1n) is 5.56. The lowest BCUT2D eigenvalue weighted by molar-refractivity contribution is 0.0732. The largest absolute Gasteiger partial charge is 0.496 e. The van der Waals surface area contributed by atoms with E-state index in [0.717, 1.165) is 30.7 Å². The topological polar surface area (TPSA) is 41.6 Å². The molecule has 0 atom stereocenters. The maximum absolute atomic E-state index is 12.3. The Labute approximate surface area is 121 Å². The van der Waals surface area contributed by atoms with Crippen molar-refractivity contribution >= 4 is 34.2 Å². The summed E-state index contributed by atoms with van der Waals surface area (Å²) in [6, 6.07) is 5.47. The minimum atomic E-state index is 0. The van der Waals surface area contributed by atoms with Gasteiger partial charge in [-0.3, -0.25) is 4.79 Å². The van der Waals surface area contributed by atoms with Crippen LogP contribution in [0, 0.1) is 0 Å². The molecule has 1 aliphatic rings. The van der Waals surface area contributed by atoms with Crippen molar-refractivity contribution in [2.45, 2.75) is 0 Å². The predicted octanol–water partition coefficient (Wildman–Crippen LogP) is 1.92. The first-order valence-corrected chi connectivity index (χ1v) is 6.35. The molecular weight excluding hydrogens is 320 g/mol. The summed E-state index contributed by atoms with van der Waals surface area (Å²) < 4.78 is 6.15. The zero-order chi connectivity index (χ0) is 12.3. The molecule has 4 nitrogen and oxygen atoms in total. The van der Waals surface area contributed by atoms with Crippen molar-refractivity contribution in [1.29, 1.82) is 0 Å². The average molecular weight is 336 g/mol. The van der Waals surface area contributed by atoms with Gasteiger partial charge < -0.3 is 15.0 Å². The van der Waals surface area contributed by atoms with Crippen molar-refractivity contribution in [3.05, 3.63) is 28.2 Å². The molecule has 1 aromatic rings. The Bertz CT molecular complexity index is 423. The third kappa shape index (κ3) is 3.37. The number of hydrogen-bond acceptors (Lipinski definition) is 3. The highest BCUT2D eigenvalue weighted by molar-refractivity contribution is 9.10. The quantitative estimate of drug-likeness (QED) is 0.898. The first-order chi connectivity index (χ1) is 8.22. The van der Waals surface area contributed by atoms with Gasteiger partial charge in [-0.05, 0) is 18.2 Å². The summed E-state index contributed by atoms with van der Waals surface area (Å²) in [5, 5.41) is 3.23. The number of halogens is 2. The van der Waals surface area contributed by atoms with Crippen LogP contribution in [-0.2, 0) is 0 Å². The Kier molecular flexibility index (Phi) is 5.91. The molecule has 1 saturated heterocycles. The number of rotatable bonds is 2. The predicted molar refractivity (Wildman–Crippen MR) is 76.7 cm³/mol. The molecule has 1 aromatic carbocycles. The van der Waals surface area contributed by atoms with Gasteiger partial charge in [-0.25, -0.2) is 0 Å². The minimum absolute atomic E-state index is 0. The van der Waals surface area contributed by atoms with Crippen molar-refractivity contribution in [3.8, 4) is 5.75 Å². The van der Waals surface area contributed by atoms with Gasteiger partial charge >= 0.3 is 0 Å². The Balaban J connectivity index is 0.00000162. The number of nitrogens with zero attached hydrogens (tertiary/aromatic N) is 1. The van der Waals surface area contributed by atoms with E-state index >= 15 is 0 Å². The maximum Gasteiger partial charge on any atom is 0.257 e. The highest BCUT2D eigenvalue weighted by Gasteiger charge is 2.20. The van der Waals surface area contributed by atoms with Crippen LogP contribution in [0.15, 0.2) is 22.7 Å². The molecule has 1 fully saturated rings. The molecule has 1 N–H and O–H groups in total. The average Bonchev–Trinajstić information content (AvgIpc) is 2.39. The second-order valence-electron chi connectivity index (χ2n) is 3.89. The molecular formula is C12H16BrClN2O2. The summed E-state index contributed by atoms with van der Waals surface area (Å²) in [7, 11) is 1.58. The van der Waals surface area contributed by atoms with Gasteiger partial charge in [-0.1, -0.05) is 15.9 Å². The van der Waals surface area contributed by atoms with Crippen LogP contribution in [0.2, 0.25) is 0 Å². The third-order valence-electron chi connectivity index (χ3n) is 2.80. The molecule has 1 amide bonds. The summed E-state index contributed by atoms with van der Waals surface area (Å²) in [5.41, 5.74) is 0.623. The van der Waals surface area contributed by atoms with Crippen molar-refractivity contribution < 1.29 is 9.53 Å². The molecule has 18 heavy (non-hydrogen) atoms. The van der Waals surface area contributed by atoms with E-state index in [1.165, 1.54) is 0 Å². The molecule has 1 aliphatic heterocycles. The van der Waals surface area contributed by atoms with Crippen LogP contribution in [0.1, 0.15) is 10.4 Å². The molecule has 1 heterocycles. The van der Waals surface area contributed by atoms with Crippen LogP contribution in [0.25, 0.3) is 0 Å². The van der Waals surface area contributed by atoms with Gasteiger partial charge in [-0.15, -0.1) is 12.4 Å². The molecule has 0 saturated carbocycles. The zero-order valence-corrected chi connectivity index (χ0v) is 12.5. The van der Waals surface area contributed by atoms with E-state index in [1.54, 1.807) is 13.2 Å². The molecule has 100 valence electrons. The van der Waals surface area contributed by atoms with Gasteiger partial charge in [-0.2, -0.15) is 0 Å². The van der Waals surface area contributed by atoms with E-state index in [1.807, 2.05) is 17.0 Å². The number of piperazine rings is 1. The molecule has 0 aromatic heterocycles. The fourth-order valence-corrected chi connectivity index (χ4v) is 2.22. The van der Waals surface area contributed by atoms with Crippen molar-refractivity contribution in [3.63, 3.8) is 0 Å². The van der Waals surface area contributed by atoms with Crippen LogP contribution < -0.4 is 10.1 Å². The van der Waals surface area contributed by atoms with Crippen molar-refractivity contribution in [2.24, 2.45) is 0 Å². The monoisotopic (exact) mass is 334 g/mol. The second-order valence-corrected chi connectivity index (χ2v) is 4.80. The number of nitrogens with one attached hydrogen (secondary N) is 1. The molecule has 0 unspecified atom stereocenters. The second kappa shape index (κ2) is 6.97. The van der Waals surface area contributed by atoms with E-state index in [4.69, 9.17) is 4.74 Å². The third-order valence-corrected chi connectivity index (χ3v) is 3.29. The minimum Gasteiger partial charge on any atom is -0.496 e. The maximum atomic E-state index is 12.3.